The monoisotopic (exact) mass is 546 g/mol. The number of aromatic nitrogens is 1. The number of nitrogens with one attached hydrogen (secondary N) is 1. The van der Waals surface area contributed by atoms with Crippen molar-refractivity contribution in [2.24, 2.45) is 0 Å². The number of hydrogen-bond donors (Lipinski definition) is 2. The van der Waals surface area contributed by atoms with Gasteiger partial charge >= 0.3 is 5.97 Å². The Bertz CT molecular complexity index is 1780. The Kier molecular flexibility index (Phi) is 5.79. The second-order valence-electron chi connectivity index (χ2n) is 10.8. The normalized spacial score (nSPS) is 21.8. The van der Waals surface area contributed by atoms with Gasteiger partial charge in [-0.2, -0.15) is 0 Å². The summed E-state index contributed by atoms with van der Waals surface area (Å²) in [6.07, 6.45) is 8.10. The average Bonchev–Trinajstić information content (AvgIpc) is 3.54. The molecule has 2 N–H and O–H groups in total. The Hall–Kier alpha value is -4.35. The Balaban J connectivity index is 1.29. The number of nitrogens with zero attached hydrogens (tertiary/aromatic N) is 1. The number of anilines is 1. The summed E-state index contributed by atoms with van der Waals surface area (Å²) in [6, 6.07) is 28.0. The van der Waals surface area contributed by atoms with E-state index in [9.17, 15) is 9.90 Å². The maximum Gasteiger partial charge on any atom is 0.329 e. The number of pyridine rings is 1. The summed E-state index contributed by atoms with van der Waals surface area (Å²) in [5.74, 6) is -0.0109. The third-order valence-corrected chi connectivity index (χ3v) is 8.92. The van der Waals surface area contributed by atoms with Crippen molar-refractivity contribution < 1.29 is 14.3 Å². The Morgan fingerprint density at radius 2 is 1.68 bits per heavy atom. The third-order valence-electron chi connectivity index (χ3n) is 8.68. The number of fused-ring (bicyclic) bond motifs is 3. The van der Waals surface area contributed by atoms with E-state index in [1.165, 1.54) is 5.56 Å². The molecular formula is C34H27ClN2O3. The quantitative estimate of drug-likeness (QED) is 0.231. The van der Waals surface area contributed by atoms with Gasteiger partial charge < -0.3 is 14.8 Å². The van der Waals surface area contributed by atoms with E-state index < -0.39 is 11.5 Å². The Labute approximate surface area is 237 Å². The minimum atomic E-state index is -1.08. The van der Waals surface area contributed by atoms with Gasteiger partial charge in [0, 0.05) is 39.5 Å². The number of rotatable bonds is 5. The molecule has 1 saturated carbocycles. The first-order valence-corrected chi connectivity index (χ1v) is 13.9. The molecule has 2 aromatic heterocycles. The standard InChI is InChI=1S/C34H27ClN2O3/c35-24-6-3-7-25(20-24)37-34(32(38)39)15-13-33(14-16-34)28-9-2-1-5-23(28)19-29(33)31-21-27-26(8-4-10-30(27)40-31)22-11-17-36-18-12-22/h1-12,17-21,37H,13-16H2,(H,38,39). The molecule has 7 rings (SSSR count). The van der Waals surface area contributed by atoms with Crippen LogP contribution in [-0.4, -0.2) is 21.6 Å². The molecule has 6 heteroatoms. The zero-order chi connectivity index (χ0) is 27.3. The van der Waals surface area contributed by atoms with Gasteiger partial charge in [0.1, 0.15) is 16.9 Å². The molecule has 0 amide bonds. The van der Waals surface area contributed by atoms with Gasteiger partial charge in [0.25, 0.3) is 0 Å². The highest BCUT2D eigenvalue weighted by Gasteiger charge is 2.52. The number of aliphatic carboxylic acids is 1. The van der Waals surface area contributed by atoms with Crippen molar-refractivity contribution in [2.75, 3.05) is 5.32 Å². The highest BCUT2D eigenvalue weighted by Crippen LogP contribution is 2.57. The van der Waals surface area contributed by atoms with Gasteiger partial charge in [0.15, 0.2) is 0 Å². The van der Waals surface area contributed by atoms with E-state index >= 15 is 0 Å². The second kappa shape index (κ2) is 9.39. The van der Waals surface area contributed by atoms with Crippen molar-refractivity contribution in [2.45, 2.75) is 36.6 Å². The highest BCUT2D eigenvalue weighted by molar-refractivity contribution is 6.30. The smallest absolute Gasteiger partial charge is 0.329 e. The van der Waals surface area contributed by atoms with Crippen LogP contribution in [0.4, 0.5) is 5.69 Å². The SMILES string of the molecule is O=C(O)C1(Nc2cccc(Cl)c2)CCC2(CC1)C(c1cc3c(-c4ccncc4)cccc3o1)=Cc1ccccc12. The summed E-state index contributed by atoms with van der Waals surface area (Å²) < 4.78 is 6.55. The number of halogens is 1. The van der Waals surface area contributed by atoms with Crippen LogP contribution in [0.5, 0.6) is 0 Å². The molecule has 3 aromatic carbocycles. The van der Waals surface area contributed by atoms with E-state index in [1.54, 1.807) is 24.5 Å². The number of carboxylic acids is 1. The van der Waals surface area contributed by atoms with Crippen LogP contribution in [0.3, 0.4) is 0 Å². The van der Waals surface area contributed by atoms with Crippen LogP contribution in [0, 0.1) is 0 Å². The number of carbonyl (C=O) groups is 1. The molecule has 40 heavy (non-hydrogen) atoms. The fraction of sp³-hybridized carbons (Fsp3) is 0.176. The van der Waals surface area contributed by atoms with Crippen molar-refractivity contribution in [3.8, 4) is 11.1 Å². The van der Waals surface area contributed by atoms with Gasteiger partial charge in [0.05, 0.1) is 0 Å². The van der Waals surface area contributed by atoms with E-state index in [0.717, 1.165) is 44.7 Å². The topological polar surface area (TPSA) is 75.4 Å². The lowest BCUT2D eigenvalue weighted by Crippen LogP contribution is -2.52. The van der Waals surface area contributed by atoms with Crippen molar-refractivity contribution in [1.29, 1.82) is 0 Å². The summed E-state index contributed by atoms with van der Waals surface area (Å²) in [5.41, 5.74) is 5.83. The molecule has 0 aliphatic heterocycles. The molecule has 2 heterocycles. The molecule has 2 aliphatic rings. The number of hydrogen-bond acceptors (Lipinski definition) is 4. The molecule has 1 spiro atoms. The number of benzene rings is 3. The third kappa shape index (κ3) is 3.92. The van der Waals surface area contributed by atoms with Crippen molar-refractivity contribution >= 4 is 45.9 Å². The average molecular weight is 547 g/mol. The van der Waals surface area contributed by atoms with E-state index in [-0.39, 0.29) is 5.41 Å². The molecule has 0 bridgehead atoms. The van der Waals surface area contributed by atoms with Gasteiger partial charge in [-0.1, -0.05) is 54.1 Å². The van der Waals surface area contributed by atoms with E-state index in [0.29, 0.717) is 30.7 Å². The molecule has 5 nitrogen and oxygen atoms in total. The summed E-state index contributed by atoms with van der Waals surface area (Å²) in [4.78, 5) is 16.9. The molecule has 198 valence electrons. The maximum absolute atomic E-state index is 12.7. The molecular weight excluding hydrogens is 520 g/mol. The van der Waals surface area contributed by atoms with Crippen LogP contribution in [-0.2, 0) is 10.2 Å². The lowest BCUT2D eigenvalue weighted by atomic mass is 9.62. The highest BCUT2D eigenvalue weighted by atomic mass is 35.5. The minimum Gasteiger partial charge on any atom is -0.480 e. The van der Waals surface area contributed by atoms with Gasteiger partial charge in [-0.05, 0) is 96.5 Å². The van der Waals surface area contributed by atoms with Crippen LogP contribution >= 0.6 is 11.6 Å². The largest absolute Gasteiger partial charge is 0.480 e. The Morgan fingerprint density at radius 1 is 0.900 bits per heavy atom. The summed E-state index contributed by atoms with van der Waals surface area (Å²) in [5, 5.41) is 15.4. The first kappa shape index (κ1) is 24.7. The number of carboxylic acid groups (broad SMARTS) is 1. The molecule has 2 aliphatic carbocycles. The van der Waals surface area contributed by atoms with Crippen molar-refractivity contribution in [1.82, 2.24) is 4.98 Å². The predicted octanol–water partition coefficient (Wildman–Crippen LogP) is 8.45. The zero-order valence-corrected chi connectivity index (χ0v) is 22.5. The van der Waals surface area contributed by atoms with Gasteiger partial charge in [0.2, 0.25) is 0 Å². The maximum atomic E-state index is 12.7. The van der Waals surface area contributed by atoms with Gasteiger partial charge in [-0.25, -0.2) is 4.79 Å². The fourth-order valence-corrected chi connectivity index (χ4v) is 6.85. The van der Waals surface area contributed by atoms with Crippen LogP contribution in [0.2, 0.25) is 5.02 Å². The molecule has 0 unspecified atom stereocenters. The van der Waals surface area contributed by atoms with Gasteiger partial charge in [-0.3, -0.25) is 4.98 Å². The Morgan fingerprint density at radius 3 is 2.45 bits per heavy atom. The molecule has 0 radical (unpaired) electrons. The van der Waals surface area contributed by atoms with Crippen LogP contribution in [0.25, 0.3) is 33.7 Å². The van der Waals surface area contributed by atoms with Crippen LogP contribution < -0.4 is 5.32 Å². The first-order chi connectivity index (χ1) is 19.5. The van der Waals surface area contributed by atoms with Crippen LogP contribution in [0.1, 0.15) is 42.6 Å². The van der Waals surface area contributed by atoms with Gasteiger partial charge in [-0.15, -0.1) is 0 Å². The molecule has 0 saturated heterocycles. The summed E-state index contributed by atoms with van der Waals surface area (Å²) >= 11 is 6.20. The summed E-state index contributed by atoms with van der Waals surface area (Å²) in [6.45, 7) is 0. The zero-order valence-electron chi connectivity index (χ0n) is 21.7. The van der Waals surface area contributed by atoms with E-state index in [4.69, 9.17) is 16.0 Å². The van der Waals surface area contributed by atoms with Crippen molar-refractivity contribution in [3.63, 3.8) is 0 Å². The number of allylic oxidation sites excluding steroid dienone is 1. The lowest BCUT2D eigenvalue weighted by Gasteiger charge is -2.45. The predicted molar refractivity (Wildman–Crippen MR) is 159 cm³/mol. The van der Waals surface area contributed by atoms with Crippen molar-refractivity contribution in [3.05, 3.63) is 119 Å². The van der Waals surface area contributed by atoms with E-state index in [2.05, 4.69) is 52.8 Å². The molecule has 0 atom stereocenters. The second-order valence-corrected chi connectivity index (χ2v) is 11.3. The fourth-order valence-electron chi connectivity index (χ4n) is 6.66. The molecule has 1 fully saturated rings. The molecule has 5 aromatic rings. The first-order valence-electron chi connectivity index (χ1n) is 13.5. The number of furan rings is 1. The van der Waals surface area contributed by atoms with E-state index in [1.807, 2.05) is 36.4 Å². The lowest BCUT2D eigenvalue weighted by molar-refractivity contribution is -0.143. The summed E-state index contributed by atoms with van der Waals surface area (Å²) in [7, 11) is 0. The minimum absolute atomic E-state index is 0.337. The van der Waals surface area contributed by atoms with Crippen LogP contribution in [0.15, 0.2) is 102 Å².